The average molecular weight is 298 g/mol. The third kappa shape index (κ3) is 3.98. The highest BCUT2D eigenvalue weighted by Crippen LogP contribution is 2.44. The molecule has 0 amide bonds. The maximum Gasteiger partial charge on any atom is 0.0859 e. The fourth-order valence-corrected chi connectivity index (χ4v) is 4.17. The van der Waals surface area contributed by atoms with E-state index in [1.54, 1.807) is 0 Å². The normalized spacial score (nSPS) is 34.0. The van der Waals surface area contributed by atoms with E-state index >= 15 is 0 Å². The fraction of sp³-hybridized carbons (Fsp3) is 1.00. The molecule has 3 atom stereocenters. The van der Waals surface area contributed by atoms with Gasteiger partial charge in [-0.05, 0) is 47.2 Å². The van der Waals surface area contributed by atoms with E-state index in [0.717, 1.165) is 39.2 Å². The van der Waals surface area contributed by atoms with E-state index in [0.29, 0.717) is 12.0 Å². The number of morpholine rings is 1. The Balaban J connectivity index is 2.14. The zero-order chi connectivity index (χ0) is 15.7. The summed E-state index contributed by atoms with van der Waals surface area (Å²) in [5.74, 6) is 0.481. The Bertz CT molecular complexity index is 344. The van der Waals surface area contributed by atoms with Crippen LogP contribution < -0.4 is 5.32 Å². The molecule has 0 aromatic carbocycles. The first-order chi connectivity index (χ1) is 9.79. The number of nitrogens with zero attached hydrogens (tertiary/aromatic N) is 1. The lowest BCUT2D eigenvalue weighted by atomic mass is 9.79. The topological polar surface area (TPSA) is 33.7 Å². The molecule has 21 heavy (non-hydrogen) atoms. The minimum Gasteiger partial charge on any atom is -0.374 e. The monoisotopic (exact) mass is 298 g/mol. The highest BCUT2D eigenvalue weighted by atomic mass is 16.5. The van der Waals surface area contributed by atoms with Crippen LogP contribution in [0, 0.1) is 5.92 Å². The van der Waals surface area contributed by atoms with Crippen molar-refractivity contribution in [3.05, 3.63) is 0 Å². The van der Waals surface area contributed by atoms with Crippen molar-refractivity contribution in [3.63, 3.8) is 0 Å². The molecule has 4 heteroatoms. The van der Waals surface area contributed by atoms with Gasteiger partial charge in [0.25, 0.3) is 0 Å². The van der Waals surface area contributed by atoms with Gasteiger partial charge in [0.15, 0.2) is 0 Å². The van der Waals surface area contributed by atoms with Gasteiger partial charge in [-0.2, -0.15) is 0 Å². The Morgan fingerprint density at radius 2 is 1.95 bits per heavy atom. The maximum atomic E-state index is 6.31. The van der Waals surface area contributed by atoms with Crippen LogP contribution in [0.3, 0.4) is 0 Å². The first-order valence-electron chi connectivity index (χ1n) is 8.56. The Kier molecular flexibility index (Phi) is 5.35. The second-order valence-electron chi connectivity index (χ2n) is 7.66. The van der Waals surface area contributed by atoms with E-state index in [2.05, 4.69) is 51.8 Å². The lowest BCUT2D eigenvalue weighted by Crippen LogP contribution is -2.57. The number of hydrogen-bond donors (Lipinski definition) is 1. The van der Waals surface area contributed by atoms with Crippen LogP contribution in [0.5, 0.6) is 0 Å². The standard InChI is InChI=1S/C17H34N2O2/c1-7-18-15(14-12-19(8-2)9-10-20-14)13-11-16(3,4)21-17(13,5)6/h13-15,18H,7-12H2,1-6H3. The van der Waals surface area contributed by atoms with Gasteiger partial charge in [0.1, 0.15) is 0 Å². The number of ether oxygens (including phenoxy) is 2. The van der Waals surface area contributed by atoms with E-state index < -0.39 is 0 Å². The Labute approximate surface area is 130 Å². The van der Waals surface area contributed by atoms with Crippen molar-refractivity contribution in [2.75, 3.05) is 32.8 Å². The number of hydrogen-bond acceptors (Lipinski definition) is 4. The quantitative estimate of drug-likeness (QED) is 0.844. The molecule has 2 heterocycles. The first kappa shape index (κ1) is 17.2. The predicted molar refractivity (Wildman–Crippen MR) is 86.7 cm³/mol. The molecular weight excluding hydrogens is 264 g/mol. The van der Waals surface area contributed by atoms with E-state index in [1.165, 1.54) is 0 Å². The number of likely N-dealkylation sites (N-methyl/N-ethyl adjacent to an activating group) is 2. The molecule has 0 radical (unpaired) electrons. The van der Waals surface area contributed by atoms with Crippen LogP contribution in [-0.2, 0) is 9.47 Å². The Morgan fingerprint density at radius 3 is 2.48 bits per heavy atom. The van der Waals surface area contributed by atoms with Crippen molar-refractivity contribution in [2.45, 2.75) is 71.3 Å². The lowest BCUT2D eigenvalue weighted by molar-refractivity contribution is -0.0966. The Morgan fingerprint density at radius 1 is 1.24 bits per heavy atom. The second-order valence-corrected chi connectivity index (χ2v) is 7.66. The largest absolute Gasteiger partial charge is 0.374 e. The predicted octanol–water partition coefficient (Wildman–Crippen LogP) is 2.28. The average Bonchev–Trinajstić information content (AvgIpc) is 2.63. The summed E-state index contributed by atoms with van der Waals surface area (Å²) in [5.41, 5.74) is -0.144. The van der Waals surface area contributed by atoms with Gasteiger partial charge in [-0.15, -0.1) is 0 Å². The molecule has 1 N–H and O–H groups in total. The summed E-state index contributed by atoms with van der Waals surface area (Å²) in [6.45, 7) is 18.3. The van der Waals surface area contributed by atoms with Crippen molar-refractivity contribution < 1.29 is 9.47 Å². The second kappa shape index (κ2) is 6.53. The summed E-state index contributed by atoms with van der Waals surface area (Å²) in [6, 6.07) is 0.362. The smallest absolute Gasteiger partial charge is 0.0859 e. The molecular formula is C17H34N2O2. The van der Waals surface area contributed by atoms with Gasteiger partial charge >= 0.3 is 0 Å². The van der Waals surface area contributed by atoms with E-state index in [4.69, 9.17) is 9.47 Å². The molecule has 2 saturated heterocycles. The van der Waals surface area contributed by atoms with Gasteiger partial charge in [-0.3, -0.25) is 4.90 Å². The van der Waals surface area contributed by atoms with E-state index in [-0.39, 0.29) is 17.3 Å². The summed E-state index contributed by atoms with van der Waals surface area (Å²) in [4.78, 5) is 2.49. The molecule has 124 valence electrons. The lowest BCUT2D eigenvalue weighted by Gasteiger charge is -2.42. The molecule has 0 aromatic heterocycles. The minimum atomic E-state index is -0.103. The van der Waals surface area contributed by atoms with E-state index in [1.807, 2.05) is 0 Å². The molecule has 4 nitrogen and oxygen atoms in total. The summed E-state index contributed by atoms with van der Waals surface area (Å²) in [6.07, 6.45) is 1.35. The Hall–Kier alpha value is -0.160. The molecule has 2 aliphatic heterocycles. The minimum absolute atomic E-state index is 0.0407. The van der Waals surface area contributed by atoms with Crippen LogP contribution in [-0.4, -0.2) is 61.0 Å². The van der Waals surface area contributed by atoms with Gasteiger partial charge in [-0.1, -0.05) is 13.8 Å². The van der Waals surface area contributed by atoms with Crippen LogP contribution in [0.15, 0.2) is 0 Å². The zero-order valence-corrected chi connectivity index (χ0v) is 14.7. The van der Waals surface area contributed by atoms with Crippen LogP contribution in [0.1, 0.15) is 48.0 Å². The highest BCUT2D eigenvalue weighted by molar-refractivity contribution is 5.02. The molecule has 0 saturated carbocycles. The zero-order valence-electron chi connectivity index (χ0n) is 14.7. The number of nitrogens with one attached hydrogen (secondary N) is 1. The van der Waals surface area contributed by atoms with Gasteiger partial charge in [0.05, 0.1) is 23.9 Å². The molecule has 0 bridgehead atoms. The molecule has 3 unspecified atom stereocenters. The summed E-state index contributed by atoms with van der Waals surface area (Å²) in [7, 11) is 0. The van der Waals surface area contributed by atoms with Crippen LogP contribution in [0.2, 0.25) is 0 Å². The fourth-order valence-electron chi connectivity index (χ4n) is 4.17. The molecule has 2 rings (SSSR count). The molecule has 0 aliphatic carbocycles. The first-order valence-corrected chi connectivity index (χ1v) is 8.56. The van der Waals surface area contributed by atoms with Crippen LogP contribution >= 0.6 is 0 Å². The molecule has 2 aliphatic rings. The van der Waals surface area contributed by atoms with Crippen molar-refractivity contribution in [3.8, 4) is 0 Å². The van der Waals surface area contributed by atoms with E-state index in [9.17, 15) is 0 Å². The van der Waals surface area contributed by atoms with Gasteiger partial charge in [0, 0.05) is 25.0 Å². The summed E-state index contributed by atoms with van der Waals surface area (Å²) >= 11 is 0. The SMILES string of the molecule is CCNC(C1CN(CC)CCO1)C1CC(C)(C)OC1(C)C. The van der Waals surface area contributed by atoms with Crippen LogP contribution in [0.25, 0.3) is 0 Å². The van der Waals surface area contributed by atoms with Crippen molar-refractivity contribution in [1.29, 1.82) is 0 Å². The molecule has 2 fully saturated rings. The summed E-state index contributed by atoms with van der Waals surface area (Å²) < 4.78 is 12.4. The van der Waals surface area contributed by atoms with Gasteiger partial charge in [-0.25, -0.2) is 0 Å². The molecule has 0 aromatic rings. The van der Waals surface area contributed by atoms with Crippen molar-refractivity contribution in [1.82, 2.24) is 10.2 Å². The molecule has 0 spiro atoms. The van der Waals surface area contributed by atoms with Crippen LogP contribution in [0.4, 0.5) is 0 Å². The number of rotatable bonds is 5. The summed E-state index contributed by atoms with van der Waals surface area (Å²) in [5, 5.41) is 3.70. The third-order valence-electron chi connectivity index (χ3n) is 5.04. The van der Waals surface area contributed by atoms with Crippen molar-refractivity contribution in [2.24, 2.45) is 5.92 Å². The third-order valence-corrected chi connectivity index (χ3v) is 5.04. The highest BCUT2D eigenvalue weighted by Gasteiger charge is 2.51. The maximum absolute atomic E-state index is 6.31. The van der Waals surface area contributed by atoms with Crippen molar-refractivity contribution >= 4 is 0 Å². The van der Waals surface area contributed by atoms with Gasteiger partial charge < -0.3 is 14.8 Å². The van der Waals surface area contributed by atoms with Gasteiger partial charge in [0.2, 0.25) is 0 Å².